The second-order valence-corrected chi connectivity index (χ2v) is 14.0. The van der Waals surface area contributed by atoms with E-state index in [1.165, 1.54) is 0 Å². The quantitative estimate of drug-likeness (QED) is 0.256. The van der Waals surface area contributed by atoms with E-state index in [-0.39, 0.29) is 23.9 Å². The molecule has 2 aromatic heterocycles. The average Bonchev–Trinajstić information content (AvgIpc) is 3.93. The summed E-state index contributed by atoms with van der Waals surface area (Å²) in [6.45, 7) is 4.61. The van der Waals surface area contributed by atoms with Gasteiger partial charge in [0.2, 0.25) is 11.8 Å². The van der Waals surface area contributed by atoms with Crippen molar-refractivity contribution < 1.29 is 19.1 Å². The number of nitrogens with one attached hydrogen (secondary N) is 2. The van der Waals surface area contributed by atoms with Gasteiger partial charge in [-0.2, -0.15) is 0 Å². The highest BCUT2D eigenvalue weighted by molar-refractivity contribution is 5.80. The smallest absolute Gasteiger partial charge is 0.223 e. The minimum absolute atomic E-state index is 0.00766. The first kappa shape index (κ1) is 31.1. The topological polar surface area (TPSA) is 116 Å². The molecular weight excluding hydrogens is 604 g/mol. The summed E-state index contributed by atoms with van der Waals surface area (Å²) in [6, 6.07) is 12.1. The van der Waals surface area contributed by atoms with Gasteiger partial charge in [0.25, 0.3) is 0 Å². The molecule has 4 aliphatic rings. The number of hydrogen-bond donors (Lipinski definition) is 2. The number of likely N-dealkylation sites (tertiary alicyclic amines) is 2. The van der Waals surface area contributed by atoms with Crippen molar-refractivity contribution in [2.75, 3.05) is 39.5 Å². The van der Waals surface area contributed by atoms with Crippen LogP contribution in [0.5, 0.6) is 0 Å². The van der Waals surface area contributed by atoms with E-state index < -0.39 is 0 Å². The Bertz CT molecular complexity index is 1720. The third kappa shape index (κ3) is 6.58. The van der Waals surface area contributed by atoms with Crippen molar-refractivity contribution >= 4 is 33.9 Å². The molecule has 2 aromatic carbocycles. The molecule has 2 atom stereocenters. The summed E-state index contributed by atoms with van der Waals surface area (Å²) in [4.78, 5) is 47.4. The van der Waals surface area contributed by atoms with Crippen LogP contribution in [0.1, 0.15) is 99.1 Å². The van der Waals surface area contributed by atoms with E-state index in [0.717, 1.165) is 136 Å². The molecule has 8 rings (SSSR count). The molecule has 250 valence electrons. The van der Waals surface area contributed by atoms with E-state index in [2.05, 4.69) is 21.8 Å². The fraction of sp³-hybridized carbons (Fsp3) is 0.526. The van der Waals surface area contributed by atoms with Crippen molar-refractivity contribution in [2.24, 2.45) is 11.8 Å². The Hall–Kier alpha value is -4.20. The molecule has 2 N–H and O–H groups in total. The van der Waals surface area contributed by atoms with Gasteiger partial charge in [0.15, 0.2) is 0 Å². The van der Waals surface area contributed by atoms with Crippen LogP contribution in [0.2, 0.25) is 0 Å². The van der Waals surface area contributed by atoms with Crippen molar-refractivity contribution in [3.8, 4) is 11.8 Å². The number of amides is 2. The number of fused-ring (bicyclic) bond motifs is 2. The van der Waals surface area contributed by atoms with Crippen LogP contribution in [0.15, 0.2) is 36.4 Å². The summed E-state index contributed by atoms with van der Waals surface area (Å²) in [5.41, 5.74) is 5.43. The van der Waals surface area contributed by atoms with E-state index in [9.17, 15) is 9.59 Å². The summed E-state index contributed by atoms with van der Waals surface area (Å²) < 4.78 is 11.0. The number of hydrogen-bond acceptors (Lipinski definition) is 6. The van der Waals surface area contributed by atoms with E-state index in [1.807, 2.05) is 46.2 Å². The number of benzene rings is 2. The minimum Gasteiger partial charge on any atom is -0.381 e. The highest BCUT2D eigenvalue weighted by Crippen LogP contribution is 2.35. The first-order valence-corrected chi connectivity index (χ1v) is 17.8. The van der Waals surface area contributed by atoms with Gasteiger partial charge in [0.05, 0.1) is 34.2 Å². The lowest BCUT2D eigenvalue weighted by Gasteiger charge is -2.27. The van der Waals surface area contributed by atoms with E-state index in [0.29, 0.717) is 24.7 Å². The van der Waals surface area contributed by atoms with Crippen molar-refractivity contribution in [1.82, 2.24) is 29.7 Å². The lowest BCUT2D eigenvalue weighted by atomic mass is 9.96. The monoisotopic (exact) mass is 648 g/mol. The molecule has 6 heterocycles. The molecule has 0 unspecified atom stereocenters. The van der Waals surface area contributed by atoms with Gasteiger partial charge in [0.1, 0.15) is 11.6 Å². The zero-order valence-corrected chi connectivity index (χ0v) is 27.5. The fourth-order valence-corrected chi connectivity index (χ4v) is 8.00. The third-order valence-electron chi connectivity index (χ3n) is 10.7. The van der Waals surface area contributed by atoms with Crippen LogP contribution in [0.4, 0.5) is 0 Å². The Balaban J connectivity index is 0.948. The average molecular weight is 649 g/mol. The summed E-state index contributed by atoms with van der Waals surface area (Å²) in [5, 5.41) is 0. The number of carbonyl (C=O) groups is 2. The summed E-state index contributed by atoms with van der Waals surface area (Å²) in [7, 11) is 0. The Morgan fingerprint density at radius 2 is 1.10 bits per heavy atom. The number of aromatic amines is 2. The van der Waals surface area contributed by atoms with Gasteiger partial charge in [-0.3, -0.25) is 9.59 Å². The van der Waals surface area contributed by atoms with E-state index in [4.69, 9.17) is 19.4 Å². The van der Waals surface area contributed by atoms with Gasteiger partial charge in [-0.05, 0) is 99.6 Å². The molecule has 2 amide bonds. The number of carbonyl (C=O) groups excluding carboxylic acids is 2. The van der Waals surface area contributed by atoms with E-state index in [1.54, 1.807) is 0 Å². The number of rotatable bonds is 6. The van der Waals surface area contributed by atoms with E-state index >= 15 is 0 Å². The Labute approximate surface area is 281 Å². The normalized spacial score (nSPS) is 22.4. The van der Waals surface area contributed by atoms with Gasteiger partial charge in [-0.15, -0.1) is 0 Å². The van der Waals surface area contributed by atoms with Crippen molar-refractivity contribution in [2.45, 2.75) is 76.3 Å². The highest BCUT2D eigenvalue weighted by Gasteiger charge is 2.34. The largest absolute Gasteiger partial charge is 0.381 e. The zero-order valence-electron chi connectivity index (χ0n) is 27.5. The lowest BCUT2D eigenvalue weighted by molar-refractivity contribution is -0.134. The van der Waals surface area contributed by atoms with Crippen LogP contribution in [-0.4, -0.2) is 81.1 Å². The van der Waals surface area contributed by atoms with Crippen molar-refractivity contribution in [1.29, 1.82) is 0 Å². The Morgan fingerprint density at radius 1 is 0.667 bits per heavy atom. The van der Waals surface area contributed by atoms with Gasteiger partial charge < -0.3 is 29.2 Å². The van der Waals surface area contributed by atoms with Crippen molar-refractivity contribution in [3.05, 3.63) is 59.2 Å². The Kier molecular flexibility index (Phi) is 8.89. The lowest BCUT2D eigenvalue weighted by Crippen LogP contribution is -2.33. The first-order chi connectivity index (χ1) is 23.6. The minimum atomic E-state index is -0.00766. The fourth-order valence-electron chi connectivity index (χ4n) is 8.00. The molecule has 4 fully saturated rings. The molecule has 0 bridgehead atoms. The van der Waals surface area contributed by atoms with Crippen LogP contribution in [0, 0.1) is 23.7 Å². The molecule has 4 saturated heterocycles. The predicted octanol–water partition coefficient (Wildman–Crippen LogP) is 5.80. The predicted molar refractivity (Wildman–Crippen MR) is 182 cm³/mol. The summed E-state index contributed by atoms with van der Waals surface area (Å²) in [6.07, 6.45) is 8.90. The zero-order chi connectivity index (χ0) is 32.5. The second-order valence-electron chi connectivity index (χ2n) is 14.0. The molecule has 0 saturated carbocycles. The van der Waals surface area contributed by atoms with Crippen LogP contribution >= 0.6 is 0 Å². The van der Waals surface area contributed by atoms with Gasteiger partial charge in [-0.25, -0.2) is 9.97 Å². The molecule has 10 heteroatoms. The van der Waals surface area contributed by atoms with Gasteiger partial charge in [-0.1, -0.05) is 11.8 Å². The van der Waals surface area contributed by atoms with Gasteiger partial charge in [0, 0.05) is 63.5 Å². The summed E-state index contributed by atoms with van der Waals surface area (Å²) in [5.74, 6) is 9.67. The molecule has 0 spiro atoms. The maximum absolute atomic E-state index is 13.2. The van der Waals surface area contributed by atoms with Crippen LogP contribution in [-0.2, 0) is 19.1 Å². The van der Waals surface area contributed by atoms with Crippen LogP contribution in [0.3, 0.4) is 0 Å². The first-order valence-electron chi connectivity index (χ1n) is 17.8. The van der Waals surface area contributed by atoms with Crippen LogP contribution in [0.25, 0.3) is 22.1 Å². The Morgan fingerprint density at radius 3 is 1.54 bits per heavy atom. The van der Waals surface area contributed by atoms with Gasteiger partial charge >= 0.3 is 0 Å². The molecular formula is C38H44N6O4. The molecule has 0 radical (unpaired) electrons. The molecule has 4 aliphatic heterocycles. The molecule has 4 aromatic rings. The second kappa shape index (κ2) is 13.7. The number of H-pyrrole nitrogens is 2. The molecule has 0 aliphatic carbocycles. The molecule has 10 nitrogen and oxygen atoms in total. The maximum atomic E-state index is 13.2. The SMILES string of the molecule is O=C(CC1CCOCC1)N1CCC[C@H]1c1nc2ccc(C#Cc3ccc4nc([C@@H]5CCCN5C(=O)CC5CCOCC5)[nH]c4c3)cc2[nH]1. The number of aromatic nitrogens is 4. The van der Waals surface area contributed by atoms with Crippen molar-refractivity contribution in [3.63, 3.8) is 0 Å². The third-order valence-corrected chi connectivity index (χ3v) is 10.7. The maximum Gasteiger partial charge on any atom is 0.223 e. The number of imidazole rings is 2. The summed E-state index contributed by atoms with van der Waals surface area (Å²) >= 11 is 0. The number of nitrogens with zero attached hydrogens (tertiary/aromatic N) is 4. The van der Waals surface area contributed by atoms with Crippen LogP contribution < -0.4 is 0 Å². The standard InChI is InChI=1S/C38H44N6O4/c45-35(23-27-11-17-47-18-12-27)43-15-1-3-33(43)37-39-29-9-7-25(21-31(29)41-37)5-6-26-8-10-30-32(22-26)42-38(40-30)34-4-2-16-44(34)36(46)24-28-13-19-48-20-14-28/h7-10,21-22,27-28,33-34H,1-4,11-20,23-24H2,(H,39,41)(H,40,42)/t33-,34-/m0/s1. The molecule has 48 heavy (non-hydrogen) atoms. The highest BCUT2D eigenvalue weighted by atomic mass is 16.5. The number of ether oxygens (including phenoxy) is 2.